The summed E-state index contributed by atoms with van der Waals surface area (Å²) >= 11 is 4.85. The van der Waals surface area contributed by atoms with Crippen LogP contribution in [0, 0.1) is 0 Å². The first kappa shape index (κ1) is 14.5. The lowest BCUT2D eigenvalue weighted by Gasteiger charge is -2.20. The molecule has 0 spiro atoms. The Morgan fingerprint density at radius 3 is 2.89 bits per heavy atom. The predicted molar refractivity (Wildman–Crippen MR) is 77.4 cm³/mol. The van der Waals surface area contributed by atoms with Gasteiger partial charge in [0.05, 0.1) is 3.79 Å². The van der Waals surface area contributed by atoms with Crippen molar-refractivity contribution < 1.29 is 8.42 Å². The Morgan fingerprint density at radius 2 is 2.33 bits per heavy atom. The van der Waals surface area contributed by atoms with Gasteiger partial charge in [-0.2, -0.15) is 4.31 Å². The van der Waals surface area contributed by atoms with Crippen molar-refractivity contribution in [2.24, 2.45) is 0 Å². The van der Waals surface area contributed by atoms with Crippen molar-refractivity contribution in [3.8, 4) is 0 Å². The third-order valence-corrected chi connectivity index (χ3v) is 7.40. The largest absolute Gasteiger partial charge is 0.315 e. The third kappa shape index (κ3) is 2.65. The van der Waals surface area contributed by atoms with Crippen molar-refractivity contribution in [1.82, 2.24) is 9.62 Å². The second-order valence-corrected chi connectivity index (χ2v) is 8.80. The molecule has 1 aromatic heterocycles. The predicted octanol–water partition coefficient (Wildman–Crippen LogP) is 2.40. The van der Waals surface area contributed by atoms with Crippen LogP contribution in [0.5, 0.6) is 0 Å². The number of nitrogens with zero attached hydrogens (tertiary/aromatic N) is 1. The lowest BCUT2D eigenvalue weighted by molar-refractivity contribution is 0.408. The second kappa shape index (κ2) is 5.58. The zero-order chi connectivity index (χ0) is 13.3. The molecule has 0 bridgehead atoms. The molecule has 1 atom stereocenters. The molecule has 102 valence electrons. The van der Waals surface area contributed by atoms with Crippen LogP contribution in [0.4, 0.5) is 0 Å². The number of hydrogen-bond acceptors (Lipinski definition) is 4. The summed E-state index contributed by atoms with van der Waals surface area (Å²) in [4.78, 5) is 1.43. The Labute approximate surface area is 121 Å². The molecule has 1 aliphatic heterocycles. The highest BCUT2D eigenvalue weighted by Crippen LogP contribution is 2.35. The molecule has 0 aliphatic carbocycles. The first-order valence-corrected chi connectivity index (χ1v) is 8.96. The molecule has 0 saturated carbocycles. The van der Waals surface area contributed by atoms with Crippen LogP contribution in [-0.2, 0) is 16.6 Å². The topological polar surface area (TPSA) is 49.4 Å². The molecule has 1 N–H and O–H groups in total. The highest BCUT2D eigenvalue weighted by Gasteiger charge is 2.34. The minimum atomic E-state index is -3.35. The van der Waals surface area contributed by atoms with Crippen LogP contribution < -0.4 is 5.32 Å². The average Bonchev–Trinajstić information content (AvgIpc) is 2.86. The van der Waals surface area contributed by atoms with Gasteiger partial charge in [0.25, 0.3) is 0 Å². The van der Waals surface area contributed by atoms with Crippen LogP contribution in [0.1, 0.15) is 24.6 Å². The minimum Gasteiger partial charge on any atom is -0.315 e. The van der Waals surface area contributed by atoms with E-state index in [4.69, 9.17) is 0 Å². The molecular formula is C11H17BrN2O2S2. The summed E-state index contributed by atoms with van der Waals surface area (Å²) in [5.74, 6) is 0. The van der Waals surface area contributed by atoms with E-state index in [9.17, 15) is 8.42 Å². The molecule has 4 nitrogen and oxygen atoms in total. The zero-order valence-corrected chi connectivity index (χ0v) is 13.7. The van der Waals surface area contributed by atoms with E-state index in [1.165, 1.54) is 11.3 Å². The van der Waals surface area contributed by atoms with Gasteiger partial charge in [0.1, 0.15) is 4.90 Å². The molecule has 1 fully saturated rings. The van der Waals surface area contributed by atoms with E-state index in [0.29, 0.717) is 21.8 Å². The van der Waals surface area contributed by atoms with Gasteiger partial charge in [-0.25, -0.2) is 8.42 Å². The summed E-state index contributed by atoms with van der Waals surface area (Å²) in [5, 5.41) is 3.04. The number of nitrogens with one attached hydrogen (secondary N) is 1. The van der Waals surface area contributed by atoms with Gasteiger partial charge in [0.2, 0.25) is 10.0 Å². The maximum Gasteiger partial charge on any atom is 0.245 e. The van der Waals surface area contributed by atoms with Crippen LogP contribution in [0.2, 0.25) is 0 Å². The number of hydrogen-bond donors (Lipinski definition) is 1. The molecule has 18 heavy (non-hydrogen) atoms. The van der Waals surface area contributed by atoms with Crippen molar-refractivity contribution in [2.75, 3.05) is 13.6 Å². The highest BCUT2D eigenvalue weighted by atomic mass is 79.9. The molecule has 1 saturated heterocycles. The quantitative estimate of drug-likeness (QED) is 0.904. The molecule has 1 unspecified atom stereocenters. The van der Waals surface area contributed by atoms with Crippen molar-refractivity contribution in [2.45, 2.75) is 37.2 Å². The monoisotopic (exact) mass is 352 g/mol. The fourth-order valence-corrected chi connectivity index (χ4v) is 6.57. The summed E-state index contributed by atoms with van der Waals surface area (Å²) in [6.07, 6.45) is 1.90. The summed E-state index contributed by atoms with van der Waals surface area (Å²) in [7, 11) is -1.50. The van der Waals surface area contributed by atoms with Gasteiger partial charge in [-0.1, -0.05) is 0 Å². The molecule has 1 aromatic rings. The highest BCUT2D eigenvalue weighted by molar-refractivity contribution is 9.11. The van der Waals surface area contributed by atoms with Crippen molar-refractivity contribution in [3.05, 3.63) is 14.7 Å². The Hall–Kier alpha value is 0.0500. The van der Waals surface area contributed by atoms with Gasteiger partial charge in [0.15, 0.2) is 0 Å². The normalized spacial score (nSPS) is 21.6. The van der Waals surface area contributed by atoms with E-state index in [2.05, 4.69) is 21.2 Å². The van der Waals surface area contributed by atoms with E-state index >= 15 is 0 Å². The maximum atomic E-state index is 12.6. The first-order valence-electron chi connectivity index (χ1n) is 5.91. The summed E-state index contributed by atoms with van der Waals surface area (Å²) in [6, 6.07) is 1.88. The van der Waals surface area contributed by atoms with E-state index in [0.717, 1.165) is 17.7 Å². The SMILES string of the molecule is CNCc1cc(S(=O)(=O)N2CCCC2C)c(Br)s1. The van der Waals surface area contributed by atoms with Crippen LogP contribution in [-0.4, -0.2) is 32.4 Å². The fourth-order valence-electron chi connectivity index (χ4n) is 2.23. The number of halogens is 1. The molecule has 7 heteroatoms. The van der Waals surface area contributed by atoms with Crippen molar-refractivity contribution >= 4 is 37.3 Å². The van der Waals surface area contributed by atoms with E-state index in [1.54, 1.807) is 10.4 Å². The van der Waals surface area contributed by atoms with Gasteiger partial charge >= 0.3 is 0 Å². The third-order valence-electron chi connectivity index (χ3n) is 3.14. The molecule has 0 radical (unpaired) electrons. The second-order valence-electron chi connectivity index (χ2n) is 4.49. The van der Waals surface area contributed by atoms with Gasteiger partial charge in [-0.05, 0) is 48.8 Å². The molecule has 2 rings (SSSR count). The minimum absolute atomic E-state index is 0.106. The van der Waals surface area contributed by atoms with E-state index < -0.39 is 10.0 Å². The number of sulfonamides is 1. The molecular weight excluding hydrogens is 336 g/mol. The number of rotatable bonds is 4. The van der Waals surface area contributed by atoms with Crippen molar-refractivity contribution in [1.29, 1.82) is 0 Å². The lowest BCUT2D eigenvalue weighted by Crippen LogP contribution is -2.33. The van der Waals surface area contributed by atoms with Gasteiger partial charge < -0.3 is 5.32 Å². The maximum absolute atomic E-state index is 12.6. The Kier molecular flexibility index (Phi) is 4.48. The van der Waals surface area contributed by atoms with Crippen LogP contribution in [0.15, 0.2) is 14.7 Å². The lowest BCUT2D eigenvalue weighted by atomic mass is 10.3. The Bertz CT molecular complexity index is 527. The van der Waals surface area contributed by atoms with E-state index in [1.807, 2.05) is 14.0 Å². The van der Waals surface area contributed by atoms with Gasteiger partial charge in [-0.15, -0.1) is 11.3 Å². The number of thiophene rings is 1. The van der Waals surface area contributed by atoms with Crippen LogP contribution in [0.3, 0.4) is 0 Å². The Balaban J connectivity index is 2.35. The molecule has 1 aliphatic rings. The first-order chi connectivity index (χ1) is 8.46. The molecule has 0 amide bonds. The van der Waals surface area contributed by atoms with Gasteiger partial charge in [-0.3, -0.25) is 0 Å². The molecule has 0 aromatic carbocycles. The molecule has 2 heterocycles. The van der Waals surface area contributed by atoms with E-state index in [-0.39, 0.29) is 6.04 Å². The van der Waals surface area contributed by atoms with Gasteiger partial charge in [0, 0.05) is 24.0 Å². The average molecular weight is 353 g/mol. The smallest absolute Gasteiger partial charge is 0.245 e. The summed E-state index contributed by atoms with van der Waals surface area (Å²) < 4.78 is 27.4. The summed E-state index contributed by atoms with van der Waals surface area (Å²) in [6.45, 7) is 3.29. The summed E-state index contributed by atoms with van der Waals surface area (Å²) in [5.41, 5.74) is 0. The van der Waals surface area contributed by atoms with Crippen LogP contribution in [0.25, 0.3) is 0 Å². The van der Waals surface area contributed by atoms with Crippen LogP contribution >= 0.6 is 27.3 Å². The zero-order valence-electron chi connectivity index (χ0n) is 10.4. The Morgan fingerprint density at radius 1 is 1.61 bits per heavy atom. The standard InChI is InChI=1S/C11H17BrN2O2S2/c1-8-4-3-5-14(8)18(15,16)10-6-9(7-13-2)17-11(10)12/h6,8,13H,3-5,7H2,1-2H3. The van der Waals surface area contributed by atoms with Crippen molar-refractivity contribution in [3.63, 3.8) is 0 Å². The fraction of sp³-hybridized carbons (Fsp3) is 0.636.